The average molecular weight is 204 g/mol. The Morgan fingerprint density at radius 3 is 2.47 bits per heavy atom. The number of ether oxygens (including phenoxy) is 1. The fourth-order valence-corrected chi connectivity index (χ4v) is 1.19. The fraction of sp³-hybridized carbons (Fsp3) is 0.182. The van der Waals surface area contributed by atoms with E-state index in [-0.39, 0.29) is 5.75 Å². The summed E-state index contributed by atoms with van der Waals surface area (Å²) >= 11 is 0. The Kier molecular flexibility index (Phi) is 2.33. The maximum Gasteiger partial charge on any atom is 0.301 e. The largest absolute Gasteiger partial charge is 0.508 e. The van der Waals surface area contributed by atoms with Crippen LogP contribution in [0.3, 0.4) is 0 Å². The SMILES string of the molecule is Cc1cnc(Oc2ccc(O)cc2)n1C. The van der Waals surface area contributed by atoms with Crippen molar-refractivity contribution in [1.82, 2.24) is 9.55 Å². The quantitative estimate of drug-likeness (QED) is 0.815. The minimum Gasteiger partial charge on any atom is -0.508 e. The number of aromatic hydroxyl groups is 1. The highest BCUT2D eigenvalue weighted by molar-refractivity contribution is 5.32. The lowest BCUT2D eigenvalue weighted by molar-refractivity contribution is 0.420. The van der Waals surface area contributed by atoms with E-state index in [1.54, 1.807) is 30.5 Å². The highest BCUT2D eigenvalue weighted by Crippen LogP contribution is 2.22. The molecule has 78 valence electrons. The first-order chi connectivity index (χ1) is 7.16. The number of imidazole rings is 1. The van der Waals surface area contributed by atoms with Crippen molar-refractivity contribution in [1.29, 1.82) is 0 Å². The highest BCUT2D eigenvalue weighted by Gasteiger charge is 2.04. The monoisotopic (exact) mass is 204 g/mol. The molecule has 2 rings (SSSR count). The van der Waals surface area contributed by atoms with Gasteiger partial charge in [0.15, 0.2) is 0 Å². The van der Waals surface area contributed by atoms with Gasteiger partial charge in [-0.25, -0.2) is 4.98 Å². The van der Waals surface area contributed by atoms with Crippen LogP contribution in [0.5, 0.6) is 17.5 Å². The van der Waals surface area contributed by atoms with Crippen LogP contribution in [0.25, 0.3) is 0 Å². The van der Waals surface area contributed by atoms with Crippen LogP contribution in [-0.2, 0) is 7.05 Å². The molecule has 0 aliphatic carbocycles. The van der Waals surface area contributed by atoms with E-state index in [9.17, 15) is 0 Å². The molecule has 1 N–H and O–H groups in total. The van der Waals surface area contributed by atoms with E-state index in [0.717, 1.165) is 5.69 Å². The maximum atomic E-state index is 9.11. The number of phenolic OH excluding ortho intramolecular Hbond substituents is 1. The summed E-state index contributed by atoms with van der Waals surface area (Å²) in [6.07, 6.45) is 1.75. The van der Waals surface area contributed by atoms with Crippen LogP contribution in [0.2, 0.25) is 0 Å². The summed E-state index contributed by atoms with van der Waals surface area (Å²) in [7, 11) is 1.89. The Morgan fingerprint density at radius 2 is 1.93 bits per heavy atom. The zero-order valence-corrected chi connectivity index (χ0v) is 8.64. The van der Waals surface area contributed by atoms with Crippen molar-refractivity contribution in [3.8, 4) is 17.5 Å². The van der Waals surface area contributed by atoms with Gasteiger partial charge in [0.05, 0.1) is 6.20 Å². The third-order valence-electron chi connectivity index (χ3n) is 2.22. The zero-order chi connectivity index (χ0) is 10.8. The number of benzene rings is 1. The number of aromatic nitrogens is 2. The number of aryl methyl sites for hydroxylation is 1. The Morgan fingerprint density at radius 1 is 1.27 bits per heavy atom. The first-order valence-corrected chi connectivity index (χ1v) is 4.62. The molecule has 0 amide bonds. The molecule has 0 aliphatic heterocycles. The number of phenols is 1. The summed E-state index contributed by atoms with van der Waals surface area (Å²) in [6.45, 7) is 1.96. The van der Waals surface area contributed by atoms with E-state index in [2.05, 4.69) is 4.98 Å². The summed E-state index contributed by atoms with van der Waals surface area (Å²) in [5, 5.41) is 9.11. The molecule has 0 spiro atoms. The van der Waals surface area contributed by atoms with Gasteiger partial charge in [-0.3, -0.25) is 0 Å². The maximum absolute atomic E-state index is 9.11. The molecule has 0 saturated heterocycles. The van der Waals surface area contributed by atoms with Crippen molar-refractivity contribution in [2.24, 2.45) is 7.05 Å². The Hall–Kier alpha value is -1.97. The zero-order valence-electron chi connectivity index (χ0n) is 8.64. The second kappa shape index (κ2) is 3.65. The van der Waals surface area contributed by atoms with Crippen LogP contribution >= 0.6 is 0 Å². The van der Waals surface area contributed by atoms with Crippen LogP contribution in [-0.4, -0.2) is 14.7 Å². The lowest BCUT2D eigenvalue weighted by atomic mass is 10.3. The second-order valence-electron chi connectivity index (χ2n) is 3.34. The van der Waals surface area contributed by atoms with Gasteiger partial charge in [0.1, 0.15) is 11.5 Å². The number of rotatable bonds is 2. The molecule has 0 bridgehead atoms. The third kappa shape index (κ3) is 1.93. The van der Waals surface area contributed by atoms with Crippen LogP contribution in [0, 0.1) is 6.92 Å². The standard InChI is InChI=1S/C11H12N2O2/c1-8-7-12-11(13(8)2)15-10-5-3-9(14)4-6-10/h3-7,14H,1-2H3. The van der Waals surface area contributed by atoms with Gasteiger partial charge in [0, 0.05) is 12.7 Å². The third-order valence-corrected chi connectivity index (χ3v) is 2.22. The van der Waals surface area contributed by atoms with Crippen LogP contribution < -0.4 is 4.74 Å². The van der Waals surface area contributed by atoms with E-state index < -0.39 is 0 Å². The van der Waals surface area contributed by atoms with Gasteiger partial charge in [-0.1, -0.05) is 0 Å². The molecule has 0 radical (unpaired) electrons. The molecule has 4 heteroatoms. The molecule has 0 saturated carbocycles. The molecule has 0 atom stereocenters. The van der Waals surface area contributed by atoms with Gasteiger partial charge in [-0.05, 0) is 31.2 Å². The first kappa shape index (κ1) is 9.58. The van der Waals surface area contributed by atoms with Crippen molar-refractivity contribution in [2.45, 2.75) is 6.92 Å². The van der Waals surface area contributed by atoms with Crippen molar-refractivity contribution in [3.63, 3.8) is 0 Å². The molecular weight excluding hydrogens is 192 g/mol. The van der Waals surface area contributed by atoms with Crippen molar-refractivity contribution in [2.75, 3.05) is 0 Å². The second-order valence-corrected chi connectivity index (χ2v) is 3.34. The smallest absolute Gasteiger partial charge is 0.301 e. The van der Waals surface area contributed by atoms with Crippen molar-refractivity contribution in [3.05, 3.63) is 36.2 Å². The van der Waals surface area contributed by atoms with Gasteiger partial charge in [-0.15, -0.1) is 0 Å². The van der Waals surface area contributed by atoms with Gasteiger partial charge >= 0.3 is 6.01 Å². The van der Waals surface area contributed by atoms with E-state index in [0.29, 0.717) is 11.8 Å². The normalized spacial score (nSPS) is 10.3. The molecular formula is C11H12N2O2. The molecule has 0 unspecified atom stereocenters. The fourth-order valence-electron chi connectivity index (χ4n) is 1.19. The Balaban J connectivity index is 2.22. The van der Waals surface area contributed by atoms with E-state index in [4.69, 9.17) is 9.84 Å². The van der Waals surface area contributed by atoms with E-state index in [1.165, 1.54) is 0 Å². The minimum absolute atomic E-state index is 0.221. The average Bonchev–Trinajstić information content (AvgIpc) is 2.53. The van der Waals surface area contributed by atoms with Gasteiger partial charge in [-0.2, -0.15) is 0 Å². The predicted octanol–water partition coefficient (Wildman–Crippen LogP) is 2.23. The predicted molar refractivity (Wildman–Crippen MR) is 56.1 cm³/mol. The van der Waals surface area contributed by atoms with Crippen LogP contribution in [0.1, 0.15) is 5.69 Å². The molecule has 0 aliphatic rings. The molecule has 1 aromatic heterocycles. The van der Waals surface area contributed by atoms with Gasteiger partial charge < -0.3 is 14.4 Å². The molecule has 15 heavy (non-hydrogen) atoms. The molecule has 1 heterocycles. The Labute approximate surface area is 87.8 Å². The Bertz CT molecular complexity index is 460. The molecule has 0 fully saturated rings. The van der Waals surface area contributed by atoms with Gasteiger partial charge in [0.2, 0.25) is 0 Å². The van der Waals surface area contributed by atoms with E-state index in [1.807, 2.05) is 18.5 Å². The van der Waals surface area contributed by atoms with Crippen molar-refractivity contribution >= 4 is 0 Å². The summed E-state index contributed by atoms with van der Waals surface area (Å²) in [5.74, 6) is 0.875. The summed E-state index contributed by atoms with van der Waals surface area (Å²) in [5.41, 5.74) is 1.03. The first-order valence-electron chi connectivity index (χ1n) is 4.62. The number of hydrogen-bond donors (Lipinski definition) is 1. The summed E-state index contributed by atoms with van der Waals surface area (Å²) in [4.78, 5) is 4.11. The molecule has 2 aromatic rings. The summed E-state index contributed by atoms with van der Waals surface area (Å²) < 4.78 is 7.38. The molecule has 4 nitrogen and oxygen atoms in total. The topological polar surface area (TPSA) is 47.3 Å². The molecule has 1 aromatic carbocycles. The number of nitrogens with zero attached hydrogens (tertiary/aromatic N) is 2. The highest BCUT2D eigenvalue weighted by atomic mass is 16.5. The van der Waals surface area contributed by atoms with Crippen LogP contribution in [0.15, 0.2) is 30.5 Å². The van der Waals surface area contributed by atoms with Gasteiger partial charge in [0.25, 0.3) is 0 Å². The van der Waals surface area contributed by atoms with E-state index >= 15 is 0 Å². The summed E-state index contributed by atoms with van der Waals surface area (Å²) in [6, 6.07) is 7.08. The lowest BCUT2D eigenvalue weighted by Gasteiger charge is -2.05. The van der Waals surface area contributed by atoms with Crippen molar-refractivity contribution < 1.29 is 9.84 Å². The minimum atomic E-state index is 0.221. The van der Waals surface area contributed by atoms with Crippen LogP contribution in [0.4, 0.5) is 0 Å². The lowest BCUT2D eigenvalue weighted by Crippen LogP contribution is -1.95. The number of hydrogen-bond acceptors (Lipinski definition) is 3.